The summed E-state index contributed by atoms with van der Waals surface area (Å²) in [6, 6.07) is 9.56. The Hall–Kier alpha value is -1.55. The second-order valence-corrected chi connectivity index (χ2v) is 9.94. The van der Waals surface area contributed by atoms with Gasteiger partial charge in [-0.3, -0.25) is 4.79 Å². The van der Waals surface area contributed by atoms with Crippen molar-refractivity contribution in [3.8, 4) is 0 Å². The van der Waals surface area contributed by atoms with E-state index in [4.69, 9.17) is 4.74 Å². The molecule has 3 aliphatic carbocycles. The lowest BCUT2D eigenvalue weighted by molar-refractivity contribution is -0.939. The SMILES string of the molecule is COC(=O)[C@@H]1C[C@@]23CCC[N@+]4(C)CC[C@]5(c6ccccc6N[C@@]15CC2)[C@H]34. The smallest absolute Gasteiger partial charge is 0.311 e. The summed E-state index contributed by atoms with van der Waals surface area (Å²) in [6.45, 7) is 2.55. The van der Waals surface area contributed by atoms with Crippen molar-refractivity contribution in [1.82, 2.24) is 0 Å². The number of rotatable bonds is 1. The number of nitrogens with one attached hydrogen (secondary N) is 1. The van der Waals surface area contributed by atoms with Gasteiger partial charge in [0.15, 0.2) is 0 Å². The molecule has 2 saturated heterocycles. The fourth-order valence-corrected chi connectivity index (χ4v) is 8.79. The van der Waals surface area contributed by atoms with Gasteiger partial charge in [-0.2, -0.15) is 0 Å². The average Bonchev–Trinajstić information content (AvgIpc) is 3.15. The van der Waals surface area contributed by atoms with Gasteiger partial charge in [0.25, 0.3) is 0 Å². The van der Waals surface area contributed by atoms with E-state index >= 15 is 0 Å². The van der Waals surface area contributed by atoms with E-state index in [-0.39, 0.29) is 22.8 Å². The second-order valence-electron chi connectivity index (χ2n) is 9.94. The van der Waals surface area contributed by atoms with E-state index in [1.165, 1.54) is 54.5 Å². The van der Waals surface area contributed by atoms with Gasteiger partial charge in [-0.1, -0.05) is 18.2 Å². The van der Waals surface area contributed by atoms with Crippen LogP contribution in [-0.4, -0.2) is 49.3 Å². The molecular formula is C22H29N2O2+. The molecule has 2 bridgehead atoms. The maximum absolute atomic E-state index is 13.0. The first kappa shape index (κ1) is 15.5. The van der Waals surface area contributed by atoms with Gasteiger partial charge in [-0.05, 0) is 43.7 Å². The molecule has 0 unspecified atom stereocenters. The summed E-state index contributed by atoms with van der Waals surface area (Å²) in [5, 5.41) is 3.96. The molecule has 1 aromatic carbocycles. The second kappa shape index (κ2) is 4.46. The van der Waals surface area contributed by atoms with Crippen molar-refractivity contribution in [2.75, 3.05) is 32.6 Å². The molecule has 0 amide bonds. The molecule has 0 aromatic heterocycles. The Balaban J connectivity index is 1.67. The van der Waals surface area contributed by atoms with E-state index in [1.807, 2.05) is 0 Å². The number of likely N-dealkylation sites (N-methyl/N-ethyl adjacent to an activating group) is 1. The van der Waals surface area contributed by atoms with Gasteiger partial charge in [0.05, 0.1) is 44.1 Å². The number of para-hydroxylation sites is 1. The molecule has 5 fully saturated rings. The fraction of sp³-hybridized carbons (Fsp3) is 0.682. The van der Waals surface area contributed by atoms with Crippen molar-refractivity contribution in [3.05, 3.63) is 29.8 Å². The summed E-state index contributed by atoms with van der Waals surface area (Å²) in [4.78, 5) is 13.0. The standard InChI is InChI=1S/C22H29N2O2/c1-24-12-5-8-20-9-10-22(16(14-20)18(25)26-2)21(11-13-24,19(20)24)15-6-3-4-7-17(15)23-22/h3-4,6-7,16,19,23H,5,8-14H2,1-2H3/q+1/t16-,19-,20+,21-,22-,24+/m0/s1. The number of ether oxygens (including phenoxy) is 1. The van der Waals surface area contributed by atoms with Crippen molar-refractivity contribution in [1.29, 1.82) is 0 Å². The van der Waals surface area contributed by atoms with Crippen LogP contribution in [-0.2, 0) is 14.9 Å². The zero-order valence-corrected chi connectivity index (χ0v) is 15.9. The van der Waals surface area contributed by atoms with Gasteiger partial charge in [0, 0.05) is 17.5 Å². The van der Waals surface area contributed by atoms with Gasteiger partial charge in [0.2, 0.25) is 0 Å². The Labute approximate surface area is 155 Å². The number of carbonyl (C=O) groups is 1. The van der Waals surface area contributed by atoms with Crippen molar-refractivity contribution in [3.63, 3.8) is 0 Å². The highest BCUT2D eigenvalue weighted by molar-refractivity contribution is 5.80. The quantitative estimate of drug-likeness (QED) is 0.623. The van der Waals surface area contributed by atoms with Crippen LogP contribution in [0.25, 0.3) is 0 Å². The molecule has 26 heavy (non-hydrogen) atoms. The van der Waals surface area contributed by atoms with Crippen LogP contribution in [0.2, 0.25) is 0 Å². The number of piperidine rings is 1. The van der Waals surface area contributed by atoms with Gasteiger partial charge in [-0.25, -0.2) is 0 Å². The van der Waals surface area contributed by atoms with Crippen molar-refractivity contribution < 1.29 is 14.0 Å². The molecule has 3 spiro atoms. The summed E-state index contributed by atoms with van der Waals surface area (Å²) >= 11 is 0. The molecule has 1 aromatic rings. The maximum Gasteiger partial charge on any atom is 0.311 e. The van der Waals surface area contributed by atoms with Gasteiger partial charge >= 0.3 is 5.97 Å². The van der Waals surface area contributed by atoms with E-state index in [0.717, 1.165) is 12.8 Å². The topological polar surface area (TPSA) is 38.3 Å². The molecular weight excluding hydrogens is 324 g/mol. The van der Waals surface area contributed by atoms with Crippen LogP contribution in [0.1, 0.15) is 44.1 Å². The fourth-order valence-electron chi connectivity index (χ4n) is 8.79. The Morgan fingerprint density at radius 3 is 2.88 bits per heavy atom. The monoisotopic (exact) mass is 353 g/mol. The van der Waals surface area contributed by atoms with E-state index in [9.17, 15) is 4.79 Å². The predicted octanol–water partition coefficient (Wildman–Crippen LogP) is 3.07. The molecule has 1 N–H and O–H groups in total. The minimum atomic E-state index is -0.149. The van der Waals surface area contributed by atoms with Crippen LogP contribution in [0.4, 0.5) is 5.69 Å². The molecule has 7 rings (SSSR count). The van der Waals surface area contributed by atoms with Crippen LogP contribution in [0.15, 0.2) is 24.3 Å². The van der Waals surface area contributed by atoms with E-state index in [2.05, 4.69) is 36.6 Å². The Kier molecular flexibility index (Phi) is 2.66. The Morgan fingerprint density at radius 1 is 1.19 bits per heavy atom. The minimum Gasteiger partial charge on any atom is -0.469 e. The number of anilines is 1. The van der Waals surface area contributed by atoms with Crippen LogP contribution in [0, 0.1) is 11.3 Å². The summed E-state index contributed by atoms with van der Waals surface area (Å²) in [5.41, 5.74) is 3.02. The number of esters is 1. The van der Waals surface area contributed by atoms with E-state index in [0.29, 0.717) is 11.5 Å². The lowest BCUT2D eigenvalue weighted by atomic mass is 9.38. The van der Waals surface area contributed by atoms with E-state index in [1.54, 1.807) is 7.11 Å². The molecule has 6 atom stereocenters. The molecule has 6 aliphatic rings. The van der Waals surface area contributed by atoms with E-state index < -0.39 is 0 Å². The molecule has 3 heterocycles. The van der Waals surface area contributed by atoms with Gasteiger partial charge in [0.1, 0.15) is 6.04 Å². The first-order chi connectivity index (χ1) is 12.5. The highest BCUT2D eigenvalue weighted by atomic mass is 16.5. The average molecular weight is 353 g/mol. The molecule has 4 heteroatoms. The van der Waals surface area contributed by atoms with Crippen molar-refractivity contribution >= 4 is 11.7 Å². The number of quaternary nitrogens is 1. The van der Waals surface area contributed by atoms with Crippen LogP contribution >= 0.6 is 0 Å². The maximum atomic E-state index is 13.0. The summed E-state index contributed by atoms with van der Waals surface area (Å²) in [6.07, 6.45) is 7.19. The molecule has 3 saturated carbocycles. The Morgan fingerprint density at radius 2 is 2.04 bits per heavy atom. The summed E-state index contributed by atoms with van der Waals surface area (Å²) in [7, 11) is 4.07. The van der Waals surface area contributed by atoms with Crippen LogP contribution in [0.3, 0.4) is 0 Å². The highest BCUT2D eigenvalue weighted by Gasteiger charge is 2.83. The van der Waals surface area contributed by atoms with Gasteiger partial charge in [-0.15, -0.1) is 0 Å². The van der Waals surface area contributed by atoms with Gasteiger partial charge < -0.3 is 14.5 Å². The first-order valence-corrected chi connectivity index (χ1v) is 10.3. The molecule has 0 radical (unpaired) electrons. The molecule has 3 aliphatic heterocycles. The normalized spacial score (nSPS) is 49.8. The van der Waals surface area contributed by atoms with Crippen LogP contribution < -0.4 is 5.32 Å². The summed E-state index contributed by atoms with van der Waals surface area (Å²) < 4.78 is 6.58. The zero-order valence-electron chi connectivity index (χ0n) is 15.9. The number of fused-ring (bicyclic) bond motifs is 3. The lowest BCUT2D eigenvalue weighted by Crippen LogP contribution is -2.79. The predicted molar refractivity (Wildman–Crippen MR) is 99.8 cm³/mol. The number of hydrogen-bond donors (Lipinski definition) is 1. The molecule has 4 nitrogen and oxygen atoms in total. The minimum absolute atomic E-state index is 0.00822. The van der Waals surface area contributed by atoms with Crippen LogP contribution in [0.5, 0.6) is 0 Å². The lowest BCUT2D eigenvalue weighted by Gasteiger charge is -2.68. The third-order valence-electron chi connectivity index (χ3n) is 9.30. The molecule has 138 valence electrons. The number of nitrogens with zero attached hydrogens (tertiary/aromatic N) is 1. The highest BCUT2D eigenvalue weighted by Crippen LogP contribution is 2.75. The zero-order chi connectivity index (χ0) is 17.8. The number of hydrogen-bond acceptors (Lipinski definition) is 3. The Bertz CT molecular complexity index is 824. The summed E-state index contributed by atoms with van der Waals surface area (Å²) in [5.74, 6) is -0.0107. The number of benzene rings is 1. The van der Waals surface area contributed by atoms with Crippen molar-refractivity contribution in [2.24, 2.45) is 11.3 Å². The first-order valence-electron chi connectivity index (χ1n) is 10.3. The number of carbonyl (C=O) groups excluding carboxylic acids is 1. The third kappa shape index (κ3) is 1.38. The largest absolute Gasteiger partial charge is 0.469 e. The third-order valence-corrected chi connectivity index (χ3v) is 9.30. The number of methoxy groups -OCH3 is 1. The van der Waals surface area contributed by atoms with Crippen molar-refractivity contribution in [2.45, 2.75) is 55.5 Å².